The summed E-state index contributed by atoms with van der Waals surface area (Å²) in [5.41, 5.74) is 0. The highest BCUT2D eigenvalue weighted by molar-refractivity contribution is 7.47. The van der Waals surface area contributed by atoms with Gasteiger partial charge in [0.25, 0.3) is 0 Å². The van der Waals surface area contributed by atoms with E-state index in [2.05, 4.69) is 74.6 Å². The van der Waals surface area contributed by atoms with Crippen molar-refractivity contribution in [2.24, 2.45) is 0 Å². The predicted octanol–water partition coefficient (Wildman–Crippen LogP) is 13.4. The first-order valence-electron chi connectivity index (χ1n) is 23.2. The molecule has 0 rings (SSSR count). The van der Waals surface area contributed by atoms with Crippen LogP contribution in [0.25, 0.3) is 0 Å². The third-order valence-electron chi connectivity index (χ3n) is 9.51. The zero-order valence-electron chi connectivity index (χ0n) is 38.2. The molecule has 0 aliphatic carbocycles. The second-order valence-electron chi connectivity index (χ2n) is 16.4. The molecule has 0 spiro atoms. The van der Waals surface area contributed by atoms with Crippen LogP contribution < -0.4 is 0 Å². The molecule has 0 saturated heterocycles. The lowest BCUT2D eigenvalue weighted by atomic mass is 10.0. The normalized spacial score (nSPS) is 14.2. The molecule has 0 fully saturated rings. The number of nitrogens with zero attached hydrogens (tertiary/aromatic N) is 1. The Kier molecular flexibility index (Phi) is 39.1. The highest BCUT2D eigenvalue weighted by Gasteiger charge is 2.27. The van der Waals surface area contributed by atoms with E-state index in [0.717, 1.165) is 57.8 Å². The van der Waals surface area contributed by atoms with Gasteiger partial charge in [-0.05, 0) is 51.4 Å². The first-order valence-corrected chi connectivity index (χ1v) is 24.7. The van der Waals surface area contributed by atoms with Crippen LogP contribution in [0.15, 0.2) is 72.9 Å². The number of phosphoric ester groups is 1. The van der Waals surface area contributed by atoms with Gasteiger partial charge in [-0.2, -0.15) is 0 Å². The Balaban J connectivity index is 4.45. The van der Waals surface area contributed by atoms with Gasteiger partial charge in [0.15, 0.2) is 6.10 Å². The highest BCUT2D eigenvalue weighted by atomic mass is 31.2. The number of unbranched alkanes of at least 4 members (excludes halogenated alkanes) is 15. The number of ether oxygens (including phenoxy) is 2. The second kappa shape index (κ2) is 40.8. The Morgan fingerprint density at radius 3 is 1.41 bits per heavy atom. The van der Waals surface area contributed by atoms with Gasteiger partial charge >= 0.3 is 19.8 Å². The highest BCUT2D eigenvalue weighted by Crippen LogP contribution is 2.43. The monoisotopic (exact) mass is 849 g/mol. The Hall–Kier alpha value is -2.55. The zero-order chi connectivity index (χ0) is 43.6. The van der Waals surface area contributed by atoms with Crippen molar-refractivity contribution in [3.05, 3.63) is 72.9 Å². The summed E-state index contributed by atoms with van der Waals surface area (Å²) >= 11 is 0. The lowest BCUT2D eigenvalue weighted by Crippen LogP contribution is -2.37. The van der Waals surface area contributed by atoms with Crippen molar-refractivity contribution < 1.29 is 42.1 Å². The largest absolute Gasteiger partial charge is 0.472 e. The summed E-state index contributed by atoms with van der Waals surface area (Å²) in [5, 5.41) is 0. The molecule has 0 aliphatic rings. The molecule has 0 heterocycles. The van der Waals surface area contributed by atoms with Gasteiger partial charge in [-0.3, -0.25) is 18.6 Å². The first kappa shape index (κ1) is 56.5. The van der Waals surface area contributed by atoms with Gasteiger partial charge in [-0.25, -0.2) is 4.57 Å². The van der Waals surface area contributed by atoms with E-state index in [1.54, 1.807) is 0 Å². The summed E-state index contributed by atoms with van der Waals surface area (Å²) < 4.78 is 34.3. The number of hydrogen-bond donors (Lipinski definition) is 1. The van der Waals surface area contributed by atoms with Crippen LogP contribution in [0.5, 0.6) is 0 Å². The van der Waals surface area contributed by atoms with Crippen LogP contribution in [0.1, 0.15) is 174 Å². The average molecular weight is 849 g/mol. The first-order chi connectivity index (χ1) is 28.5. The van der Waals surface area contributed by atoms with E-state index >= 15 is 0 Å². The quantitative estimate of drug-likeness (QED) is 0.0213. The third-order valence-corrected chi connectivity index (χ3v) is 10.5. The van der Waals surface area contributed by atoms with Crippen molar-refractivity contribution in [2.75, 3.05) is 47.5 Å². The summed E-state index contributed by atoms with van der Waals surface area (Å²) in [5.74, 6) is -0.897. The molecule has 59 heavy (non-hydrogen) atoms. The van der Waals surface area contributed by atoms with E-state index in [9.17, 15) is 19.0 Å². The summed E-state index contributed by atoms with van der Waals surface area (Å²) in [6, 6.07) is 0. The van der Waals surface area contributed by atoms with Crippen molar-refractivity contribution in [1.29, 1.82) is 0 Å². The number of carbonyl (C=O) groups excluding carboxylic acids is 2. The lowest BCUT2D eigenvalue weighted by molar-refractivity contribution is -0.870. The maximum atomic E-state index is 12.7. The predicted molar refractivity (Wildman–Crippen MR) is 247 cm³/mol. The zero-order valence-corrected chi connectivity index (χ0v) is 39.1. The smallest absolute Gasteiger partial charge is 0.462 e. The molecule has 0 saturated carbocycles. The van der Waals surface area contributed by atoms with Crippen molar-refractivity contribution in [2.45, 2.75) is 180 Å². The average Bonchev–Trinajstić information content (AvgIpc) is 3.19. The molecule has 1 N–H and O–H groups in total. The van der Waals surface area contributed by atoms with Crippen LogP contribution in [0.4, 0.5) is 0 Å². The fourth-order valence-corrected chi connectivity index (χ4v) is 6.66. The van der Waals surface area contributed by atoms with E-state index in [1.165, 1.54) is 77.0 Å². The number of rotatable bonds is 41. The molecule has 10 heteroatoms. The number of esters is 2. The molecule has 0 aromatic heterocycles. The molecule has 0 radical (unpaired) electrons. The molecule has 9 nitrogen and oxygen atoms in total. The van der Waals surface area contributed by atoms with Gasteiger partial charge in [0.2, 0.25) is 0 Å². The Morgan fingerprint density at radius 1 is 0.542 bits per heavy atom. The minimum absolute atomic E-state index is 0.0184. The molecule has 0 aliphatic heterocycles. The van der Waals surface area contributed by atoms with Crippen molar-refractivity contribution in [3.8, 4) is 0 Å². The van der Waals surface area contributed by atoms with Crippen molar-refractivity contribution in [3.63, 3.8) is 0 Å². The molecule has 2 atom stereocenters. The minimum Gasteiger partial charge on any atom is -0.462 e. The molecular formula is C49H87NO8P+. The molecule has 1 unspecified atom stereocenters. The van der Waals surface area contributed by atoms with Crippen LogP contribution in [0.2, 0.25) is 0 Å². The van der Waals surface area contributed by atoms with E-state index in [4.69, 9.17) is 18.5 Å². The van der Waals surface area contributed by atoms with Crippen LogP contribution in [-0.2, 0) is 32.7 Å². The van der Waals surface area contributed by atoms with E-state index < -0.39 is 32.5 Å². The summed E-state index contributed by atoms with van der Waals surface area (Å²) in [4.78, 5) is 35.4. The number of carbonyl (C=O) groups is 2. The lowest BCUT2D eigenvalue weighted by Gasteiger charge is -2.24. The Bertz CT molecular complexity index is 1230. The number of phosphoric acid groups is 1. The molecule has 0 aromatic rings. The number of allylic oxidation sites excluding steroid dienone is 12. The Labute approximate surface area is 361 Å². The fourth-order valence-electron chi connectivity index (χ4n) is 5.92. The standard InChI is InChI=1S/C49H86NO8P/c1-6-8-10-12-14-16-18-20-22-24-25-26-28-29-31-33-35-37-39-41-48(51)55-45-47(46-57-59(53,54)56-44-43-50(3,4)5)58-49(52)42-40-38-36-34-32-30-27-23-21-19-17-15-13-11-9-7-2/h8,10,14,16,20,22,25-26,29,31,35,37,47H,6-7,9,11-13,15,17-19,21,23-24,27-28,30,32-34,36,38-46H2,1-5H3/p+1/b10-8+,16-14+,22-20+,26-25+,31-29+,37-35+/t47-/m1/s1. The van der Waals surface area contributed by atoms with E-state index in [-0.39, 0.29) is 26.1 Å². The second-order valence-corrected chi connectivity index (χ2v) is 17.9. The van der Waals surface area contributed by atoms with E-state index in [0.29, 0.717) is 23.9 Å². The molecular weight excluding hydrogens is 762 g/mol. The topological polar surface area (TPSA) is 108 Å². The van der Waals surface area contributed by atoms with Gasteiger partial charge in [-0.1, -0.05) is 183 Å². The number of quaternary nitrogens is 1. The summed E-state index contributed by atoms with van der Waals surface area (Å²) in [7, 11) is 1.43. The van der Waals surface area contributed by atoms with Crippen molar-refractivity contribution in [1.82, 2.24) is 0 Å². The molecule has 0 bridgehead atoms. The van der Waals surface area contributed by atoms with Crippen LogP contribution in [0.3, 0.4) is 0 Å². The van der Waals surface area contributed by atoms with Crippen molar-refractivity contribution >= 4 is 19.8 Å². The fraction of sp³-hybridized carbons (Fsp3) is 0.714. The summed E-state index contributed by atoms with van der Waals surface area (Å²) in [6.45, 7) is 4.22. The van der Waals surface area contributed by atoms with Gasteiger partial charge < -0.3 is 18.9 Å². The SMILES string of the molecule is CC/C=C/C/C=C/C/C=C/C/C=C/C/C=C/C/C=C/CCC(=O)OC[C@H](COP(=O)(O)OCC[N+](C)(C)C)OC(=O)CCCCCCCCCCCCCCCCCC. The molecule has 0 amide bonds. The maximum Gasteiger partial charge on any atom is 0.472 e. The minimum atomic E-state index is -4.39. The maximum absolute atomic E-state index is 12.7. The summed E-state index contributed by atoms with van der Waals surface area (Å²) in [6.07, 6.45) is 51.1. The van der Waals surface area contributed by atoms with Gasteiger partial charge in [-0.15, -0.1) is 0 Å². The van der Waals surface area contributed by atoms with E-state index in [1.807, 2.05) is 33.3 Å². The number of likely N-dealkylation sites (N-methyl/N-ethyl adjacent to an activating group) is 1. The molecule has 0 aromatic carbocycles. The van der Waals surface area contributed by atoms with Gasteiger partial charge in [0.1, 0.15) is 19.8 Å². The van der Waals surface area contributed by atoms with Crippen LogP contribution >= 0.6 is 7.82 Å². The van der Waals surface area contributed by atoms with Gasteiger partial charge in [0.05, 0.1) is 27.7 Å². The van der Waals surface area contributed by atoms with Gasteiger partial charge in [0, 0.05) is 12.8 Å². The Morgan fingerprint density at radius 2 is 0.966 bits per heavy atom. The third kappa shape index (κ3) is 44.8. The van der Waals surface area contributed by atoms with Crippen LogP contribution in [0, 0.1) is 0 Å². The van der Waals surface area contributed by atoms with Crippen LogP contribution in [-0.4, -0.2) is 74.9 Å². The number of hydrogen-bond acceptors (Lipinski definition) is 7. The molecule has 340 valence electrons.